The summed E-state index contributed by atoms with van der Waals surface area (Å²) in [7, 11) is 0. The SMILES string of the molecule is Cc1ccc(C(=O)Nc2cccc(F)c2)cc1-n1cccc1. The molecule has 0 saturated heterocycles. The number of carbonyl (C=O) groups is 1. The standard InChI is InChI=1S/C18H15FN2O/c1-13-7-8-14(11-17(13)21-9-2-3-10-21)18(22)20-16-6-4-5-15(19)12-16/h2-12H,1H3,(H,20,22). The molecule has 4 heteroatoms. The quantitative estimate of drug-likeness (QED) is 0.772. The zero-order valence-electron chi connectivity index (χ0n) is 12.1. The maximum atomic E-state index is 13.2. The third-order valence-electron chi connectivity index (χ3n) is 3.44. The average molecular weight is 294 g/mol. The zero-order valence-corrected chi connectivity index (χ0v) is 12.1. The van der Waals surface area contributed by atoms with E-state index in [0.717, 1.165) is 11.3 Å². The maximum absolute atomic E-state index is 13.2. The van der Waals surface area contributed by atoms with Crippen LogP contribution in [0, 0.1) is 12.7 Å². The first-order valence-electron chi connectivity index (χ1n) is 6.94. The summed E-state index contributed by atoms with van der Waals surface area (Å²) in [6.07, 6.45) is 3.85. The number of aryl methyl sites for hydroxylation is 1. The van der Waals surface area contributed by atoms with Crippen LogP contribution in [0.4, 0.5) is 10.1 Å². The summed E-state index contributed by atoms with van der Waals surface area (Å²) in [5, 5.41) is 2.70. The molecule has 0 aliphatic heterocycles. The molecule has 1 amide bonds. The Labute approximate surface area is 128 Å². The Morgan fingerprint density at radius 2 is 1.82 bits per heavy atom. The lowest BCUT2D eigenvalue weighted by molar-refractivity contribution is 0.102. The maximum Gasteiger partial charge on any atom is 0.255 e. The highest BCUT2D eigenvalue weighted by Gasteiger charge is 2.09. The molecule has 0 unspecified atom stereocenters. The second kappa shape index (κ2) is 5.85. The molecule has 0 spiro atoms. The fourth-order valence-electron chi connectivity index (χ4n) is 2.29. The van der Waals surface area contributed by atoms with Gasteiger partial charge >= 0.3 is 0 Å². The van der Waals surface area contributed by atoms with Crippen molar-refractivity contribution < 1.29 is 9.18 Å². The van der Waals surface area contributed by atoms with Crippen molar-refractivity contribution in [3.05, 3.63) is 83.9 Å². The van der Waals surface area contributed by atoms with Crippen molar-refractivity contribution in [3.63, 3.8) is 0 Å². The molecule has 3 nitrogen and oxygen atoms in total. The molecule has 1 N–H and O–H groups in total. The molecule has 0 aliphatic rings. The number of hydrogen-bond acceptors (Lipinski definition) is 1. The summed E-state index contributed by atoms with van der Waals surface area (Å²) in [4.78, 5) is 12.3. The van der Waals surface area contributed by atoms with Gasteiger partial charge in [0.15, 0.2) is 0 Å². The second-order valence-electron chi connectivity index (χ2n) is 5.06. The summed E-state index contributed by atoms with van der Waals surface area (Å²) in [5.74, 6) is -0.645. The smallest absolute Gasteiger partial charge is 0.255 e. The Hall–Kier alpha value is -2.88. The average Bonchev–Trinajstić information content (AvgIpc) is 3.01. The molecule has 0 saturated carbocycles. The fourth-order valence-corrected chi connectivity index (χ4v) is 2.29. The molecular formula is C18H15FN2O. The number of nitrogens with zero attached hydrogens (tertiary/aromatic N) is 1. The number of hydrogen-bond donors (Lipinski definition) is 1. The van der Waals surface area contributed by atoms with Crippen molar-refractivity contribution in [3.8, 4) is 5.69 Å². The lowest BCUT2D eigenvalue weighted by Gasteiger charge is -2.10. The molecule has 3 aromatic rings. The fraction of sp³-hybridized carbons (Fsp3) is 0.0556. The molecule has 110 valence electrons. The normalized spacial score (nSPS) is 10.5. The summed E-state index contributed by atoms with van der Waals surface area (Å²) < 4.78 is 15.1. The van der Waals surface area contributed by atoms with Crippen molar-refractivity contribution >= 4 is 11.6 Å². The summed E-state index contributed by atoms with van der Waals surface area (Å²) in [6.45, 7) is 1.99. The van der Waals surface area contributed by atoms with Crippen molar-refractivity contribution in [2.45, 2.75) is 6.92 Å². The number of carbonyl (C=O) groups excluding carboxylic acids is 1. The van der Waals surface area contributed by atoms with Gasteiger partial charge in [-0.3, -0.25) is 4.79 Å². The molecule has 2 aromatic carbocycles. The predicted octanol–water partition coefficient (Wildman–Crippen LogP) is 4.18. The largest absolute Gasteiger partial charge is 0.324 e. The van der Waals surface area contributed by atoms with E-state index in [1.165, 1.54) is 12.1 Å². The van der Waals surface area contributed by atoms with Crippen LogP contribution in [0.15, 0.2) is 67.0 Å². The van der Waals surface area contributed by atoms with Gasteiger partial charge < -0.3 is 9.88 Å². The zero-order chi connectivity index (χ0) is 15.5. The third-order valence-corrected chi connectivity index (χ3v) is 3.44. The first-order valence-corrected chi connectivity index (χ1v) is 6.94. The van der Waals surface area contributed by atoms with Gasteiger partial charge in [-0.25, -0.2) is 4.39 Å². The van der Waals surface area contributed by atoms with Crippen molar-refractivity contribution in [1.82, 2.24) is 4.57 Å². The first-order chi connectivity index (χ1) is 10.6. The number of halogens is 1. The van der Waals surface area contributed by atoms with Crippen LogP contribution in [0.2, 0.25) is 0 Å². The molecule has 22 heavy (non-hydrogen) atoms. The lowest BCUT2D eigenvalue weighted by Crippen LogP contribution is -2.12. The monoisotopic (exact) mass is 294 g/mol. The topological polar surface area (TPSA) is 34.0 Å². The van der Waals surface area contributed by atoms with Crippen LogP contribution >= 0.6 is 0 Å². The summed E-state index contributed by atoms with van der Waals surface area (Å²) in [5.41, 5.74) is 2.97. The molecule has 1 aromatic heterocycles. The highest BCUT2D eigenvalue weighted by atomic mass is 19.1. The van der Waals surface area contributed by atoms with Crippen LogP contribution in [-0.4, -0.2) is 10.5 Å². The van der Waals surface area contributed by atoms with Crippen molar-refractivity contribution in [2.24, 2.45) is 0 Å². The minimum atomic E-state index is -0.380. The van der Waals surface area contributed by atoms with Crippen molar-refractivity contribution in [1.29, 1.82) is 0 Å². The number of benzene rings is 2. The molecule has 0 aliphatic carbocycles. The van der Waals surface area contributed by atoms with Gasteiger partial charge in [-0.2, -0.15) is 0 Å². The number of rotatable bonds is 3. The Kier molecular flexibility index (Phi) is 3.74. The van der Waals surface area contributed by atoms with Crippen LogP contribution in [0.25, 0.3) is 5.69 Å². The van der Waals surface area contributed by atoms with Gasteiger partial charge in [0.2, 0.25) is 0 Å². The van der Waals surface area contributed by atoms with E-state index < -0.39 is 0 Å². The second-order valence-corrected chi connectivity index (χ2v) is 5.06. The highest BCUT2D eigenvalue weighted by Crippen LogP contribution is 2.18. The Morgan fingerprint density at radius 1 is 1.05 bits per heavy atom. The molecule has 0 bridgehead atoms. The van der Waals surface area contributed by atoms with Gasteiger partial charge in [-0.05, 0) is 55.0 Å². The number of nitrogens with one attached hydrogen (secondary N) is 1. The number of aromatic nitrogens is 1. The first kappa shape index (κ1) is 14.1. The van der Waals surface area contributed by atoms with Gasteiger partial charge in [-0.15, -0.1) is 0 Å². The van der Waals surface area contributed by atoms with Crippen LogP contribution in [0.1, 0.15) is 15.9 Å². The lowest BCUT2D eigenvalue weighted by atomic mass is 10.1. The van der Waals surface area contributed by atoms with Crippen LogP contribution in [-0.2, 0) is 0 Å². The highest BCUT2D eigenvalue weighted by molar-refractivity contribution is 6.04. The van der Waals surface area contributed by atoms with E-state index in [4.69, 9.17) is 0 Å². The van der Waals surface area contributed by atoms with E-state index in [1.54, 1.807) is 18.2 Å². The molecule has 0 atom stereocenters. The van der Waals surface area contributed by atoms with Crippen molar-refractivity contribution in [2.75, 3.05) is 5.32 Å². The van der Waals surface area contributed by atoms with Crippen LogP contribution in [0.3, 0.4) is 0 Å². The molecule has 0 fully saturated rings. The van der Waals surface area contributed by atoms with E-state index in [9.17, 15) is 9.18 Å². The minimum Gasteiger partial charge on any atom is -0.324 e. The van der Waals surface area contributed by atoms with E-state index >= 15 is 0 Å². The van der Waals surface area contributed by atoms with Gasteiger partial charge in [-0.1, -0.05) is 12.1 Å². The molecule has 0 radical (unpaired) electrons. The predicted molar refractivity (Wildman–Crippen MR) is 84.9 cm³/mol. The van der Waals surface area contributed by atoms with Gasteiger partial charge in [0.1, 0.15) is 5.82 Å². The van der Waals surface area contributed by atoms with E-state index in [2.05, 4.69) is 5.32 Å². The van der Waals surface area contributed by atoms with Crippen LogP contribution in [0.5, 0.6) is 0 Å². The van der Waals surface area contributed by atoms with E-state index in [1.807, 2.05) is 48.1 Å². The molecule has 1 heterocycles. The Balaban J connectivity index is 1.89. The Bertz CT molecular complexity index is 810. The Morgan fingerprint density at radius 3 is 2.55 bits per heavy atom. The van der Waals surface area contributed by atoms with Gasteiger partial charge in [0.25, 0.3) is 5.91 Å². The van der Waals surface area contributed by atoms with E-state index in [0.29, 0.717) is 11.3 Å². The summed E-state index contributed by atoms with van der Waals surface area (Å²) in [6, 6.07) is 15.2. The van der Waals surface area contributed by atoms with Gasteiger partial charge in [0.05, 0.1) is 0 Å². The minimum absolute atomic E-state index is 0.265. The van der Waals surface area contributed by atoms with E-state index in [-0.39, 0.29) is 11.7 Å². The van der Waals surface area contributed by atoms with Crippen LogP contribution < -0.4 is 5.32 Å². The molecule has 3 rings (SSSR count). The number of anilines is 1. The third kappa shape index (κ3) is 2.91. The number of amides is 1. The molecular weight excluding hydrogens is 279 g/mol. The van der Waals surface area contributed by atoms with Gasteiger partial charge in [0, 0.05) is 29.3 Å². The summed E-state index contributed by atoms with van der Waals surface area (Å²) >= 11 is 0.